The Hall–Kier alpha value is 0.0299. The molecule has 0 unspecified atom stereocenters. The van der Waals surface area contributed by atoms with Crippen LogP contribution in [0.3, 0.4) is 0 Å². The molecule has 2 aliphatic rings. The molecule has 8 heteroatoms. The molecule has 2 aliphatic heterocycles. The molecule has 0 saturated carbocycles. The molecule has 0 atom stereocenters. The number of unbranched alkanes of at least 4 members (excludes halogenated alkanes) is 2. The maximum atomic E-state index is 6.41. The van der Waals surface area contributed by atoms with E-state index in [2.05, 4.69) is 67.5 Å². The zero-order valence-corrected chi connectivity index (χ0v) is 21.5. The first-order valence-corrected chi connectivity index (χ1v) is 12.1. The average Bonchev–Trinajstić information content (AvgIpc) is 2.96. The lowest BCUT2D eigenvalue weighted by molar-refractivity contribution is 0.00578. The minimum atomic E-state index is -0.494. The van der Waals surface area contributed by atoms with Gasteiger partial charge in [-0.15, -0.1) is 23.2 Å². The second kappa shape index (κ2) is 9.89. The van der Waals surface area contributed by atoms with Gasteiger partial charge in [-0.2, -0.15) is 0 Å². The maximum absolute atomic E-state index is 6.41. The van der Waals surface area contributed by atoms with Crippen molar-refractivity contribution in [3.8, 4) is 0 Å². The molecule has 0 aromatic rings. The number of allylic oxidation sites excluding steroid dienone is 4. The second-order valence-electron chi connectivity index (χ2n) is 10.2. The van der Waals surface area contributed by atoms with Crippen molar-refractivity contribution in [1.82, 2.24) is 0 Å². The first-order chi connectivity index (χ1) is 13.8. The van der Waals surface area contributed by atoms with Gasteiger partial charge in [-0.3, -0.25) is 0 Å². The Bertz CT molecular complexity index is 572. The molecular formula is C22H38B2Cl2O4. The van der Waals surface area contributed by atoms with Gasteiger partial charge >= 0.3 is 14.2 Å². The SMILES string of the molecule is CC1(C)OB(C(=C\CCCCl)/C(=C/CCCCl)B2OC(C)(C)C(C)(C)O2)OC1(C)C. The van der Waals surface area contributed by atoms with Crippen LogP contribution in [-0.4, -0.2) is 48.4 Å². The van der Waals surface area contributed by atoms with E-state index in [9.17, 15) is 0 Å². The van der Waals surface area contributed by atoms with Crippen LogP contribution >= 0.6 is 23.2 Å². The first-order valence-electron chi connectivity index (χ1n) is 11.0. The Morgan fingerprint density at radius 3 is 1.10 bits per heavy atom. The zero-order valence-electron chi connectivity index (χ0n) is 19.9. The predicted molar refractivity (Wildman–Crippen MR) is 128 cm³/mol. The van der Waals surface area contributed by atoms with Crippen molar-refractivity contribution < 1.29 is 18.6 Å². The van der Waals surface area contributed by atoms with Gasteiger partial charge in [0.05, 0.1) is 22.4 Å². The van der Waals surface area contributed by atoms with Gasteiger partial charge in [-0.1, -0.05) is 12.2 Å². The zero-order chi connectivity index (χ0) is 22.8. The molecule has 0 N–H and O–H groups in total. The lowest BCUT2D eigenvalue weighted by Crippen LogP contribution is -2.41. The lowest BCUT2D eigenvalue weighted by Gasteiger charge is -2.32. The number of hydrogen-bond donors (Lipinski definition) is 0. The van der Waals surface area contributed by atoms with Crippen molar-refractivity contribution in [2.75, 3.05) is 11.8 Å². The topological polar surface area (TPSA) is 36.9 Å². The molecule has 2 rings (SSSR count). The highest BCUT2D eigenvalue weighted by Gasteiger charge is 2.57. The molecule has 4 nitrogen and oxygen atoms in total. The van der Waals surface area contributed by atoms with Gasteiger partial charge in [0, 0.05) is 11.8 Å². The third-order valence-corrected chi connectivity index (χ3v) is 7.29. The van der Waals surface area contributed by atoms with Crippen molar-refractivity contribution in [1.29, 1.82) is 0 Å². The number of hydrogen-bond acceptors (Lipinski definition) is 4. The fraction of sp³-hybridized carbons (Fsp3) is 0.818. The van der Waals surface area contributed by atoms with E-state index >= 15 is 0 Å². The van der Waals surface area contributed by atoms with Crippen molar-refractivity contribution in [2.45, 2.75) is 103 Å². The van der Waals surface area contributed by atoms with Gasteiger partial charge in [0.25, 0.3) is 0 Å². The first kappa shape index (κ1) is 26.3. The molecule has 30 heavy (non-hydrogen) atoms. The van der Waals surface area contributed by atoms with Crippen LogP contribution < -0.4 is 0 Å². The van der Waals surface area contributed by atoms with E-state index in [4.69, 9.17) is 41.8 Å². The van der Waals surface area contributed by atoms with E-state index in [1.54, 1.807) is 0 Å². The summed E-state index contributed by atoms with van der Waals surface area (Å²) in [6.45, 7) is 16.5. The van der Waals surface area contributed by atoms with E-state index < -0.39 is 36.6 Å². The van der Waals surface area contributed by atoms with E-state index in [1.165, 1.54) is 0 Å². The summed E-state index contributed by atoms with van der Waals surface area (Å²) in [5, 5.41) is 0. The van der Waals surface area contributed by atoms with Crippen LogP contribution in [0.25, 0.3) is 0 Å². The standard InChI is InChI=1S/C22H38B2Cl2O4/c1-19(2)20(3,4)28-23(27-19)17(13-9-11-15-25)18(14-10-12-16-26)24-29-21(5,6)22(7,8)30-24/h13-14H,9-12,15-16H2,1-8H3/b17-13-,18-14-. The fourth-order valence-electron chi connectivity index (χ4n) is 3.31. The highest BCUT2D eigenvalue weighted by molar-refractivity contribution is 6.66. The summed E-state index contributed by atoms with van der Waals surface area (Å²) < 4.78 is 25.6. The van der Waals surface area contributed by atoms with Crippen LogP contribution in [0.1, 0.15) is 81.1 Å². The normalized spacial score (nSPS) is 25.3. The Labute approximate surface area is 194 Å². The van der Waals surface area contributed by atoms with Crippen molar-refractivity contribution in [2.24, 2.45) is 0 Å². The number of halogens is 2. The Morgan fingerprint density at radius 2 is 0.867 bits per heavy atom. The molecule has 170 valence electrons. The minimum Gasteiger partial charge on any atom is -0.399 e. The van der Waals surface area contributed by atoms with Crippen molar-refractivity contribution in [3.63, 3.8) is 0 Å². The molecule has 2 heterocycles. The Balaban J connectivity index is 2.44. The van der Waals surface area contributed by atoms with E-state index in [0.717, 1.165) is 36.6 Å². The van der Waals surface area contributed by atoms with Gasteiger partial charge in [-0.25, -0.2) is 0 Å². The second-order valence-corrected chi connectivity index (χ2v) is 10.9. The van der Waals surface area contributed by atoms with Crippen LogP contribution in [-0.2, 0) is 18.6 Å². The average molecular weight is 459 g/mol. The smallest absolute Gasteiger partial charge is 0.399 e. The summed E-state index contributed by atoms with van der Waals surface area (Å²) in [5.41, 5.74) is 0.209. The third-order valence-electron chi connectivity index (χ3n) is 6.75. The lowest BCUT2D eigenvalue weighted by atomic mass is 9.60. The molecule has 0 aromatic heterocycles. The highest BCUT2D eigenvalue weighted by Crippen LogP contribution is 2.44. The van der Waals surface area contributed by atoms with Crippen LogP contribution in [0.4, 0.5) is 0 Å². The third kappa shape index (κ3) is 5.68. The summed E-state index contributed by atoms with van der Waals surface area (Å²) in [7, 11) is -0.988. The molecule has 0 spiro atoms. The summed E-state index contributed by atoms with van der Waals surface area (Å²) in [5.74, 6) is 1.21. The van der Waals surface area contributed by atoms with E-state index in [-0.39, 0.29) is 0 Å². The van der Waals surface area contributed by atoms with Crippen LogP contribution in [0.15, 0.2) is 23.1 Å². The van der Waals surface area contributed by atoms with Crippen molar-refractivity contribution in [3.05, 3.63) is 23.1 Å². The maximum Gasteiger partial charge on any atom is 0.494 e. The van der Waals surface area contributed by atoms with Gasteiger partial charge in [0.2, 0.25) is 0 Å². The molecule has 0 bridgehead atoms. The molecule has 2 saturated heterocycles. The van der Waals surface area contributed by atoms with Crippen LogP contribution in [0.5, 0.6) is 0 Å². The van der Waals surface area contributed by atoms with Gasteiger partial charge in [-0.05, 0) is 92.0 Å². The quantitative estimate of drug-likeness (QED) is 0.180. The van der Waals surface area contributed by atoms with E-state index in [1.807, 2.05) is 0 Å². The largest absolute Gasteiger partial charge is 0.494 e. The van der Waals surface area contributed by atoms with E-state index in [0.29, 0.717) is 11.8 Å². The Kier molecular flexibility index (Phi) is 8.66. The number of alkyl halides is 2. The Morgan fingerprint density at radius 1 is 0.600 bits per heavy atom. The summed E-state index contributed by atoms with van der Waals surface area (Å²) in [6, 6.07) is 0. The molecule has 2 fully saturated rings. The van der Waals surface area contributed by atoms with Crippen LogP contribution in [0.2, 0.25) is 0 Å². The predicted octanol–water partition coefficient (Wildman–Crippen LogP) is 6.14. The summed E-state index contributed by atoms with van der Waals surface area (Å²) >= 11 is 11.9. The summed E-state index contributed by atoms with van der Waals surface area (Å²) in [4.78, 5) is 0. The molecule has 0 aliphatic carbocycles. The van der Waals surface area contributed by atoms with Gasteiger partial charge in [0.1, 0.15) is 0 Å². The summed E-state index contributed by atoms with van der Waals surface area (Å²) in [6.07, 6.45) is 7.75. The highest BCUT2D eigenvalue weighted by atomic mass is 35.5. The minimum absolute atomic E-state index is 0.430. The van der Waals surface area contributed by atoms with Gasteiger partial charge < -0.3 is 18.6 Å². The molecular weight excluding hydrogens is 421 g/mol. The van der Waals surface area contributed by atoms with Crippen molar-refractivity contribution >= 4 is 37.4 Å². The molecule has 0 amide bonds. The molecule has 0 aromatic carbocycles. The fourth-order valence-corrected chi connectivity index (χ4v) is 3.62. The van der Waals surface area contributed by atoms with Crippen LogP contribution in [0, 0.1) is 0 Å². The number of rotatable bonds is 9. The monoisotopic (exact) mass is 458 g/mol. The molecule has 0 radical (unpaired) electrons. The van der Waals surface area contributed by atoms with Gasteiger partial charge in [0.15, 0.2) is 0 Å².